The third-order valence-corrected chi connectivity index (χ3v) is 3.27. The van der Waals surface area contributed by atoms with Gasteiger partial charge in [-0.25, -0.2) is 0 Å². The third kappa shape index (κ3) is 3.76. The number of ether oxygens (including phenoxy) is 1. The Balaban J connectivity index is 2.30. The number of hydrogen-bond donors (Lipinski definition) is 1. The average molecular weight is 228 g/mol. The molecule has 1 unspecified atom stereocenters. The van der Waals surface area contributed by atoms with E-state index in [1.807, 2.05) is 14.0 Å². The van der Waals surface area contributed by atoms with E-state index in [-0.39, 0.29) is 18.1 Å². The van der Waals surface area contributed by atoms with Crippen LogP contribution in [0.15, 0.2) is 0 Å². The van der Waals surface area contributed by atoms with Crippen molar-refractivity contribution < 1.29 is 9.53 Å². The van der Waals surface area contributed by atoms with Crippen LogP contribution in [0.5, 0.6) is 0 Å². The van der Waals surface area contributed by atoms with E-state index in [0.717, 1.165) is 25.7 Å². The van der Waals surface area contributed by atoms with Crippen molar-refractivity contribution in [1.82, 2.24) is 10.2 Å². The van der Waals surface area contributed by atoms with E-state index in [1.54, 1.807) is 19.0 Å². The highest BCUT2D eigenvalue weighted by molar-refractivity contribution is 5.79. The lowest BCUT2D eigenvalue weighted by Crippen LogP contribution is -2.39. The van der Waals surface area contributed by atoms with Gasteiger partial charge in [0.05, 0.1) is 6.10 Å². The second kappa shape index (κ2) is 6.21. The van der Waals surface area contributed by atoms with Crippen molar-refractivity contribution >= 4 is 5.91 Å². The highest BCUT2D eigenvalue weighted by atomic mass is 16.5. The molecule has 1 aliphatic carbocycles. The van der Waals surface area contributed by atoms with E-state index >= 15 is 0 Å². The van der Waals surface area contributed by atoms with Crippen molar-refractivity contribution in [2.45, 2.75) is 50.9 Å². The minimum Gasteiger partial charge on any atom is -0.365 e. The number of hydrogen-bond acceptors (Lipinski definition) is 3. The van der Waals surface area contributed by atoms with Crippen LogP contribution >= 0.6 is 0 Å². The van der Waals surface area contributed by atoms with Crippen molar-refractivity contribution in [3.8, 4) is 0 Å². The molecule has 1 rings (SSSR count). The Labute approximate surface area is 98.3 Å². The van der Waals surface area contributed by atoms with Crippen LogP contribution in [0.2, 0.25) is 0 Å². The van der Waals surface area contributed by atoms with Gasteiger partial charge in [0, 0.05) is 20.1 Å². The molecule has 0 aromatic carbocycles. The molecule has 4 heteroatoms. The van der Waals surface area contributed by atoms with Crippen molar-refractivity contribution in [2.75, 3.05) is 21.1 Å². The average Bonchev–Trinajstić information content (AvgIpc) is 2.28. The molecule has 0 aromatic heterocycles. The van der Waals surface area contributed by atoms with Gasteiger partial charge in [0.2, 0.25) is 0 Å². The summed E-state index contributed by atoms with van der Waals surface area (Å²) < 4.78 is 5.79. The second-order valence-corrected chi connectivity index (χ2v) is 4.77. The molecule has 0 bridgehead atoms. The maximum atomic E-state index is 11.6. The Bertz CT molecular complexity index is 223. The predicted molar refractivity (Wildman–Crippen MR) is 64.3 cm³/mol. The molecule has 1 amide bonds. The minimum atomic E-state index is -0.314. The highest BCUT2D eigenvalue weighted by Gasteiger charge is 2.25. The van der Waals surface area contributed by atoms with Gasteiger partial charge >= 0.3 is 0 Å². The molecule has 1 fully saturated rings. The predicted octanol–water partition coefficient (Wildman–Crippen LogP) is 1.01. The molecular weight excluding hydrogens is 204 g/mol. The first kappa shape index (κ1) is 13.5. The first-order valence-corrected chi connectivity index (χ1v) is 6.08. The zero-order chi connectivity index (χ0) is 12.1. The number of amides is 1. The van der Waals surface area contributed by atoms with Crippen LogP contribution in [0.1, 0.15) is 32.6 Å². The van der Waals surface area contributed by atoms with Gasteiger partial charge in [-0.3, -0.25) is 4.79 Å². The Kier molecular flexibility index (Phi) is 5.22. The van der Waals surface area contributed by atoms with E-state index < -0.39 is 0 Å². The van der Waals surface area contributed by atoms with Crippen LogP contribution in [0.3, 0.4) is 0 Å². The van der Waals surface area contributed by atoms with Crippen LogP contribution < -0.4 is 5.32 Å². The summed E-state index contributed by atoms with van der Waals surface area (Å²) >= 11 is 0. The number of rotatable bonds is 4. The molecule has 0 aromatic rings. The van der Waals surface area contributed by atoms with Gasteiger partial charge in [-0.05, 0) is 39.7 Å². The van der Waals surface area contributed by atoms with E-state index in [1.165, 1.54) is 0 Å². The lowest BCUT2D eigenvalue weighted by Gasteiger charge is -2.30. The van der Waals surface area contributed by atoms with Crippen molar-refractivity contribution in [3.63, 3.8) is 0 Å². The molecule has 1 N–H and O–H groups in total. The fourth-order valence-corrected chi connectivity index (χ4v) is 2.20. The molecule has 0 radical (unpaired) electrons. The topological polar surface area (TPSA) is 41.6 Å². The first-order chi connectivity index (χ1) is 7.54. The van der Waals surface area contributed by atoms with Crippen molar-refractivity contribution in [1.29, 1.82) is 0 Å². The Morgan fingerprint density at radius 2 is 1.88 bits per heavy atom. The third-order valence-electron chi connectivity index (χ3n) is 3.27. The second-order valence-electron chi connectivity index (χ2n) is 4.77. The molecule has 16 heavy (non-hydrogen) atoms. The number of nitrogens with zero attached hydrogens (tertiary/aromatic N) is 1. The molecular formula is C12H24N2O2. The normalized spacial score (nSPS) is 27.5. The standard InChI is InChI=1S/C12H24N2O2/c1-9(12(15)14(3)4)16-11-7-5-10(13-2)6-8-11/h9-11,13H,5-8H2,1-4H3. The van der Waals surface area contributed by atoms with Gasteiger partial charge in [-0.1, -0.05) is 0 Å². The molecule has 1 saturated carbocycles. The highest BCUT2D eigenvalue weighted by Crippen LogP contribution is 2.22. The monoisotopic (exact) mass is 228 g/mol. The van der Waals surface area contributed by atoms with Gasteiger partial charge in [0.1, 0.15) is 6.10 Å². The van der Waals surface area contributed by atoms with Crippen LogP contribution in [0.4, 0.5) is 0 Å². The van der Waals surface area contributed by atoms with E-state index in [0.29, 0.717) is 6.04 Å². The summed E-state index contributed by atoms with van der Waals surface area (Å²) in [5, 5.41) is 3.29. The zero-order valence-electron chi connectivity index (χ0n) is 10.8. The van der Waals surface area contributed by atoms with Crippen LogP contribution in [0, 0.1) is 0 Å². The smallest absolute Gasteiger partial charge is 0.250 e. The fourth-order valence-electron chi connectivity index (χ4n) is 2.20. The Morgan fingerprint density at radius 1 is 1.31 bits per heavy atom. The van der Waals surface area contributed by atoms with Gasteiger partial charge in [-0.15, -0.1) is 0 Å². The van der Waals surface area contributed by atoms with Gasteiger partial charge < -0.3 is 15.0 Å². The van der Waals surface area contributed by atoms with E-state index in [4.69, 9.17) is 4.74 Å². The summed E-state index contributed by atoms with van der Waals surface area (Å²) in [4.78, 5) is 13.2. The summed E-state index contributed by atoms with van der Waals surface area (Å²) in [5.74, 6) is 0.0516. The summed E-state index contributed by atoms with van der Waals surface area (Å²) in [6, 6.07) is 0.625. The molecule has 4 nitrogen and oxygen atoms in total. The summed E-state index contributed by atoms with van der Waals surface area (Å²) in [5.41, 5.74) is 0. The maximum Gasteiger partial charge on any atom is 0.250 e. The Hall–Kier alpha value is -0.610. The summed E-state index contributed by atoms with van der Waals surface area (Å²) in [7, 11) is 5.53. The number of nitrogens with one attached hydrogen (secondary N) is 1. The molecule has 0 heterocycles. The van der Waals surface area contributed by atoms with Crippen molar-refractivity contribution in [2.24, 2.45) is 0 Å². The van der Waals surface area contributed by atoms with E-state index in [9.17, 15) is 4.79 Å². The van der Waals surface area contributed by atoms with Gasteiger partial charge in [0.15, 0.2) is 0 Å². The van der Waals surface area contributed by atoms with Crippen LogP contribution in [-0.2, 0) is 9.53 Å². The fraction of sp³-hybridized carbons (Fsp3) is 0.917. The molecule has 1 atom stereocenters. The van der Waals surface area contributed by atoms with Crippen molar-refractivity contribution in [3.05, 3.63) is 0 Å². The molecule has 0 saturated heterocycles. The molecule has 1 aliphatic rings. The largest absolute Gasteiger partial charge is 0.365 e. The lowest BCUT2D eigenvalue weighted by molar-refractivity contribution is -0.144. The van der Waals surface area contributed by atoms with Gasteiger partial charge in [-0.2, -0.15) is 0 Å². The van der Waals surface area contributed by atoms with Crippen LogP contribution in [0.25, 0.3) is 0 Å². The maximum absolute atomic E-state index is 11.6. The molecule has 0 aliphatic heterocycles. The van der Waals surface area contributed by atoms with Crippen LogP contribution in [-0.4, -0.2) is 50.2 Å². The van der Waals surface area contributed by atoms with Gasteiger partial charge in [0.25, 0.3) is 5.91 Å². The zero-order valence-corrected chi connectivity index (χ0v) is 10.8. The first-order valence-electron chi connectivity index (χ1n) is 6.08. The number of likely N-dealkylation sites (N-methyl/N-ethyl adjacent to an activating group) is 1. The SMILES string of the molecule is CNC1CCC(OC(C)C(=O)N(C)C)CC1. The number of carbonyl (C=O) groups excluding carboxylic acids is 1. The quantitative estimate of drug-likeness (QED) is 0.781. The molecule has 94 valence electrons. The summed E-state index contributed by atoms with van der Waals surface area (Å²) in [6.45, 7) is 1.84. The Morgan fingerprint density at radius 3 is 2.31 bits per heavy atom. The molecule has 0 spiro atoms. The summed E-state index contributed by atoms with van der Waals surface area (Å²) in [6.07, 6.45) is 4.33. The minimum absolute atomic E-state index is 0.0516. The lowest BCUT2D eigenvalue weighted by atomic mass is 9.93. The number of carbonyl (C=O) groups is 1. The van der Waals surface area contributed by atoms with E-state index in [2.05, 4.69) is 5.32 Å².